The van der Waals surface area contributed by atoms with Gasteiger partial charge >= 0.3 is 0 Å². The Labute approximate surface area is 96.6 Å². The van der Waals surface area contributed by atoms with Crippen LogP contribution in [0.15, 0.2) is 18.5 Å². The van der Waals surface area contributed by atoms with Gasteiger partial charge in [0.05, 0.1) is 6.20 Å². The van der Waals surface area contributed by atoms with Crippen LogP contribution in [0.1, 0.15) is 36.1 Å². The first kappa shape index (κ1) is 12.5. The van der Waals surface area contributed by atoms with Crippen molar-refractivity contribution in [3.8, 4) is 0 Å². The molecule has 0 aromatic carbocycles. The smallest absolute Gasteiger partial charge is 0.205 e. The van der Waals surface area contributed by atoms with Crippen molar-refractivity contribution in [3.05, 3.63) is 30.0 Å². The Balaban J connectivity index is 2.93. The van der Waals surface area contributed by atoms with Crippen LogP contribution in [0.3, 0.4) is 0 Å². The summed E-state index contributed by atoms with van der Waals surface area (Å²) in [6.07, 6.45) is 4.93. The maximum atomic E-state index is 11.8. The summed E-state index contributed by atoms with van der Waals surface area (Å²) < 4.78 is 1.85. The SMILES string of the molecule is CC(C)c1ncc(C(=O)C=CN(C)C)n1C. The quantitative estimate of drug-likeness (QED) is 0.575. The molecule has 4 nitrogen and oxygen atoms in total. The molecule has 4 heteroatoms. The molecule has 0 saturated heterocycles. The summed E-state index contributed by atoms with van der Waals surface area (Å²) in [7, 11) is 5.64. The molecule has 88 valence electrons. The molecule has 0 aliphatic rings. The van der Waals surface area contributed by atoms with Gasteiger partial charge in [0.2, 0.25) is 5.78 Å². The van der Waals surface area contributed by atoms with Gasteiger partial charge in [0.1, 0.15) is 11.5 Å². The number of hydrogen-bond acceptors (Lipinski definition) is 3. The number of ketones is 1. The Kier molecular flexibility index (Phi) is 3.88. The van der Waals surface area contributed by atoms with Crippen LogP contribution in [-0.2, 0) is 7.05 Å². The van der Waals surface area contributed by atoms with Gasteiger partial charge in [-0.15, -0.1) is 0 Å². The van der Waals surface area contributed by atoms with Crippen molar-refractivity contribution in [2.75, 3.05) is 14.1 Å². The number of carbonyl (C=O) groups excluding carboxylic acids is 1. The molecule has 1 aromatic heterocycles. The third-order valence-corrected chi connectivity index (χ3v) is 2.32. The van der Waals surface area contributed by atoms with Gasteiger partial charge in [0.25, 0.3) is 0 Å². The van der Waals surface area contributed by atoms with E-state index in [1.54, 1.807) is 18.5 Å². The van der Waals surface area contributed by atoms with E-state index in [9.17, 15) is 4.79 Å². The second kappa shape index (κ2) is 4.96. The first-order valence-electron chi connectivity index (χ1n) is 5.34. The highest BCUT2D eigenvalue weighted by atomic mass is 16.1. The minimum atomic E-state index is -0.0180. The Morgan fingerprint density at radius 3 is 2.56 bits per heavy atom. The molecule has 0 radical (unpaired) electrons. The zero-order valence-electron chi connectivity index (χ0n) is 10.6. The van der Waals surface area contributed by atoms with E-state index in [1.165, 1.54) is 0 Å². The number of hydrogen-bond donors (Lipinski definition) is 0. The maximum Gasteiger partial charge on any atom is 0.205 e. The van der Waals surface area contributed by atoms with Crippen LogP contribution in [0.2, 0.25) is 0 Å². The Morgan fingerprint density at radius 2 is 2.12 bits per heavy atom. The topological polar surface area (TPSA) is 38.1 Å². The molecule has 0 N–H and O–H groups in total. The average molecular weight is 221 g/mol. The van der Waals surface area contributed by atoms with Gasteiger partial charge in [0, 0.05) is 39.3 Å². The van der Waals surface area contributed by atoms with Crippen molar-refractivity contribution >= 4 is 5.78 Å². The van der Waals surface area contributed by atoms with E-state index < -0.39 is 0 Å². The molecule has 0 atom stereocenters. The summed E-state index contributed by atoms with van der Waals surface area (Å²) in [5.74, 6) is 1.24. The number of imidazole rings is 1. The highest BCUT2D eigenvalue weighted by Gasteiger charge is 2.13. The Bertz CT molecular complexity index is 402. The van der Waals surface area contributed by atoms with Gasteiger partial charge in [-0.3, -0.25) is 4.79 Å². The van der Waals surface area contributed by atoms with Crippen molar-refractivity contribution in [2.24, 2.45) is 7.05 Å². The van der Waals surface area contributed by atoms with E-state index in [-0.39, 0.29) is 5.78 Å². The van der Waals surface area contributed by atoms with E-state index >= 15 is 0 Å². The van der Waals surface area contributed by atoms with E-state index in [4.69, 9.17) is 0 Å². The van der Waals surface area contributed by atoms with Crippen LogP contribution in [0, 0.1) is 0 Å². The molecule has 1 rings (SSSR count). The lowest BCUT2D eigenvalue weighted by Gasteiger charge is -2.07. The van der Waals surface area contributed by atoms with Crippen molar-refractivity contribution in [1.29, 1.82) is 0 Å². The Morgan fingerprint density at radius 1 is 1.50 bits per heavy atom. The van der Waals surface area contributed by atoms with Gasteiger partial charge in [-0.25, -0.2) is 4.98 Å². The van der Waals surface area contributed by atoms with E-state index in [0.717, 1.165) is 5.82 Å². The molecule has 0 saturated carbocycles. The van der Waals surface area contributed by atoms with Gasteiger partial charge in [-0.05, 0) is 0 Å². The number of rotatable bonds is 4. The largest absolute Gasteiger partial charge is 0.383 e. The van der Waals surface area contributed by atoms with Crippen LogP contribution < -0.4 is 0 Å². The second-order valence-electron chi connectivity index (χ2n) is 4.36. The molecule has 0 amide bonds. The number of nitrogens with zero attached hydrogens (tertiary/aromatic N) is 3. The molecular formula is C12H19N3O. The zero-order chi connectivity index (χ0) is 12.3. The van der Waals surface area contributed by atoms with Crippen LogP contribution in [0.5, 0.6) is 0 Å². The summed E-state index contributed by atoms with van der Waals surface area (Å²) in [5.41, 5.74) is 0.627. The molecule has 0 aliphatic carbocycles. The molecule has 1 heterocycles. The number of aromatic nitrogens is 2. The predicted molar refractivity (Wildman–Crippen MR) is 64.5 cm³/mol. The third-order valence-electron chi connectivity index (χ3n) is 2.32. The lowest BCUT2D eigenvalue weighted by Crippen LogP contribution is -2.08. The highest BCUT2D eigenvalue weighted by Crippen LogP contribution is 2.14. The van der Waals surface area contributed by atoms with Gasteiger partial charge in [-0.1, -0.05) is 13.8 Å². The normalized spacial score (nSPS) is 11.4. The standard InChI is InChI=1S/C12H19N3O/c1-9(2)12-13-8-10(15(12)5)11(16)6-7-14(3)4/h6-9H,1-5H3. The maximum absolute atomic E-state index is 11.8. The fourth-order valence-corrected chi connectivity index (χ4v) is 1.49. The van der Waals surface area contributed by atoms with Crippen LogP contribution >= 0.6 is 0 Å². The lowest BCUT2D eigenvalue weighted by atomic mass is 10.2. The van der Waals surface area contributed by atoms with Gasteiger partial charge < -0.3 is 9.47 Å². The van der Waals surface area contributed by atoms with Crippen LogP contribution in [0.4, 0.5) is 0 Å². The molecule has 0 unspecified atom stereocenters. The monoisotopic (exact) mass is 221 g/mol. The van der Waals surface area contributed by atoms with Crippen molar-refractivity contribution in [1.82, 2.24) is 14.5 Å². The summed E-state index contributed by atoms with van der Waals surface area (Å²) in [5, 5.41) is 0. The first-order chi connectivity index (χ1) is 7.43. The summed E-state index contributed by atoms with van der Waals surface area (Å²) in [6, 6.07) is 0. The summed E-state index contributed by atoms with van der Waals surface area (Å²) in [4.78, 5) is 17.9. The minimum absolute atomic E-state index is 0.0180. The predicted octanol–water partition coefficient (Wildman–Crippen LogP) is 1.80. The molecule has 1 aromatic rings. The molecule has 0 bridgehead atoms. The van der Waals surface area contributed by atoms with E-state index in [1.807, 2.05) is 30.6 Å². The molecule has 16 heavy (non-hydrogen) atoms. The highest BCUT2D eigenvalue weighted by molar-refractivity contribution is 6.03. The average Bonchev–Trinajstić information content (AvgIpc) is 2.56. The van der Waals surface area contributed by atoms with Crippen LogP contribution in [-0.4, -0.2) is 34.3 Å². The summed E-state index contributed by atoms with van der Waals surface area (Å²) >= 11 is 0. The number of allylic oxidation sites excluding steroid dienone is 1. The van der Waals surface area contributed by atoms with Crippen LogP contribution in [0.25, 0.3) is 0 Å². The molecule has 0 fully saturated rings. The van der Waals surface area contributed by atoms with Crippen molar-refractivity contribution in [3.63, 3.8) is 0 Å². The van der Waals surface area contributed by atoms with E-state index in [2.05, 4.69) is 18.8 Å². The molecular weight excluding hydrogens is 202 g/mol. The third kappa shape index (κ3) is 2.72. The van der Waals surface area contributed by atoms with Gasteiger partial charge in [0.15, 0.2) is 0 Å². The van der Waals surface area contributed by atoms with Gasteiger partial charge in [-0.2, -0.15) is 0 Å². The fraction of sp³-hybridized carbons (Fsp3) is 0.500. The zero-order valence-corrected chi connectivity index (χ0v) is 10.6. The van der Waals surface area contributed by atoms with Crippen molar-refractivity contribution < 1.29 is 4.79 Å². The first-order valence-corrected chi connectivity index (χ1v) is 5.34. The minimum Gasteiger partial charge on any atom is -0.383 e. The Hall–Kier alpha value is -1.58. The number of carbonyl (C=O) groups is 1. The van der Waals surface area contributed by atoms with E-state index in [0.29, 0.717) is 11.6 Å². The molecule has 0 aliphatic heterocycles. The van der Waals surface area contributed by atoms with Crippen molar-refractivity contribution in [2.45, 2.75) is 19.8 Å². The fourth-order valence-electron chi connectivity index (χ4n) is 1.49. The second-order valence-corrected chi connectivity index (χ2v) is 4.36. The molecule has 0 spiro atoms. The summed E-state index contributed by atoms with van der Waals surface area (Å²) in [6.45, 7) is 4.12. The lowest BCUT2D eigenvalue weighted by molar-refractivity contribution is 0.103.